The van der Waals surface area contributed by atoms with Crippen LogP contribution in [0.25, 0.3) is 0 Å². The Morgan fingerprint density at radius 1 is 1.14 bits per heavy atom. The molecule has 0 spiro atoms. The average molecular weight is 422 g/mol. The minimum Gasteiger partial charge on any atom is -0.491 e. The predicted molar refractivity (Wildman–Crippen MR) is 106 cm³/mol. The van der Waals surface area contributed by atoms with Crippen LogP contribution in [0.2, 0.25) is 0 Å². The third-order valence-corrected chi connectivity index (χ3v) is 6.55. The monoisotopic (exact) mass is 421 g/mol. The highest BCUT2D eigenvalue weighted by Gasteiger charge is 2.18. The molecule has 0 fully saturated rings. The van der Waals surface area contributed by atoms with E-state index in [0.29, 0.717) is 4.88 Å². The third-order valence-electron chi connectivity index (χ3n) is 4.02. The number of ether oxygens (including phenoxy) is 1. The van der Waals surface area contributed by atoms with Crippen LogP contribution >= 0.6 is 11.3 Å². The molecule has 148 valence electrons. The van der Waals surface area contributed by atoms with Crippen LogP contribution in [0.1, 0.15) is 28.3 Å². The van der Waals surface area contributed by atoms with E-state index in [0.717, 1.165) is 16.5 Å². The number of nitrogens with one attached hydrogen (secondary N) is 1. The van der Waals surface area contributed by atoms with E-state index in [2.05, 4.69) is 4.72 Å². The van der Waals surface area contributed by atoms with Crippen molar-refractivity contribution in [3.05, 3.63) is 81.8 Å². The Labute approximate surface area is 167 Å². The van der Waals surface area contributed by atoms with Gasteiger partial charge in [0.25, 0.3) is 0 Å². The first-order valence-electron chi connectivity index (χ1n) is 8.64. The number of benzene rings is 2. The third kappa shape index (κ3) is 4.77. The Balaban J connectivity index is 1.68. The summed E-state index contributed by atoms with van der Waals surface area (Å²) >= 11 is 1.31. The maximum atomic E-state index is 13.9. The molecule has 28 heavy (non-hydrogen) atoms. The first-order valence-corrected chi connectivity index (χ1v) is 10.9. The molecule has 3 aromatic rings. The van der Waals surface area contributed by atoms with Gasteiger partial charge in [-0.3, -0.25) is 0 Å². The van der Waals surface area contributed by atoms with Gasteiger partial charge in [0.2, 0.25) is 10.0 Å². The van der Waals surface area contributed by atoms with Crippen molar-refractivity contribution >= 4 is 21.4 Å². The zero-order valence-corrected chi connectivity index (χ0v) is 16.8. The van der Waals surface area contributed by atoms with Crippen LogP contribution in [-0.2, 0) is 16.6 Å². The average Bonchev–Trinajstić information content (AvgIpc) is 3.17. The largest absolute Gasteiger partial charge is 0.491 e. The summed E-state index contributed by atoms with van der Waals surface area (Å²) < 4.78 is 46.3. The molecule has 0 aliphatic rings. The minimum absolute atomic E-state index is 0.0132. The van der Waals surface area contributed by atoms with Gasteiger partial charge in [0.15, 0.2) is 11.6 Å². The minimum atomic E-state index is -3.88. The lowest BCUT2D eigenvalue weighted by Crippen LogP contribution is -2.23. The predicted octanol–water partition coefficient (Wildman–Crippen LogP) is 3.85. The van der Waals surface area contributed by atoms with Crippen molar-refractivity contribution in [2.75, 3.05) is 6.61 Å². The normalized spacial score (nSPS) is 12.7. The SMILES string of the molecule is CCOc1ccc(S(=O)(=O)NCc2ccc(C(O)c3ccccc3)s2)cc1F. The zero-order valence-electron chi connectivity index (χ0n) is 15.1. The summed E-state index contributed by atoms with van der Waals surface area (Å²) in [6, 6.07) is 16.3. The fourth-order valence-electron chi connectivity index (χ4n) is 2.61. The molecule has 0 bridgehead atoms. The van der Waals surface area contributed by atoms with E-state index in [1.807, 2.05) is 30.3 Å². The van der Waals surface area contributed by atoms with Crippen molar-refractivity contribution in [1.29, 1.82) is 0 Å². The van der Waals surface area contributed by atoms with Crippen molar-refractivity contribution in [3.63, 3.8) is 0 Å². The Kier molecular flexibility index (Phi) is 6.46. The maximum Gasteiger partial charge on any atom is 0.241 e. The van der Waals surface area contributed by atoms with Crippen molar-refractivity contribution in [1.82, 2.24) is 4.72 Å². The topological polar surface area (TPSA) is 75.6 Å². The Morgan fingerprint density at radius 2 is 1.89 bits per heavy atom. The number of aliphatic hydroxyl groups excluding tert-OH is 1. The van der Waals surface area contributed by atoms with Gasteiger partial charge in [-0.2, -0.15) is 0 Å². The first kappa shape index (κ1) is 20.5. The number of aliphatic hydroxyl groups is 1. The molecule has 5 nitrogen and oxygen atoms in total. The van der Waals surface area contributed by atoms with Crippen molar-refractivity contribution in [2.24, 2.45) is 0 Å². The summed E-state index contributed by atoms with van der Waals surface area (Å²) in [5, 5.41) is 10.4. The standard InChI is InChI=1S/C20H20FNO4S2/c1-2-26-18-10-9-16(12-17(18)21)28(24,25)22-13-15-8-11-19(27-15)20(23)14-6-4-3-5-7-14/h3-12,20,22-23H,2,13H2,1H3. The van der Waals surface area contributed by atoms with E-state index in [9.17, 15) is 17.9 Å². The highest BCUT2D eigenvalue weighted by atomic mass is 32.2. The molecule has 0 aliphatic carbocycles. The fourth-order valence-corrected chi connectivity index (χ4v) is 4.68. The summed E-state index contributed by atoms with van der Waals surface area (Å²) in [4.78, 5) is 1.28. The maximum absolute atomic E-state index is 13.9. The number of halogens is 1. The lowest BCUT2D eigenvalue weighted by atomic mass is 10.1. The van der Waals surface area contributed by atoms with E-state index in [4.69, 9.17) is 4.74 Å². The second-order valence-corrected chi connectivity index (χ2v) is 8.93. The summed E-state index contributed by atoms with van der Waals surface area (Å²) in [6.45, 7) is 2.05. The molecule has 3 rings (SSSR count). The fraction of sp³-hybridized carbons (Fsp3) is 0.200. The molecule has 1 atom stereocenters. The van der Waals surface area contributed by atoms with Crippen molar-refractivity contribution < 1.29 is 22.7 Å². The second-order valence-electron chi connectivity index (χ2n) is 5.97. The van der Waals surface area contributed by atoms with Crippen LogP contribution < -0.4 is 9.46 Å². The van der Waals surface area contributed by atoms with E-state index in [1.54, 1.807) is 19.1 Å². The highest BCUT2D eigenvalue weighted by Crippen LogP contribution is 2.28. The van der Waals surface area contributed by atoms with Gasteiger partial charge in [0.05, 0.1) is 11.5 Å². The molecule has 0 amide bonds. The van der Waals surface area contributed by atoms with Gasteiger partial charge < -0.3 is 9.84 Å². The summed E-state index contributed by atoms with van der Waals surface area (Å²) in [5.41, 5.74) is 0.765. The smallest absolute Gasteiger partial charge is 0.241 e. The summed E-state index contributed by atoms with van der Waals surface area (Å²) in [6.07, 6.45) is -0.767. The summed E-state index contributed by atoms with van der Waals surface area (Å²) in [5.74, 6) is -0.714. The number of rotatable bonds is 8. The number of sulfonamides is 1. The number of hydrogen-bond donors (Lipinski definition) is 2. The van der Waals surface area contributed by atoms with Crippen LogP contribution in [-0.4, -0.2) is 20.1 Å². The molecular formula is C20H20FNO4S2. The highest BCUT2D eigenvalue weighted by molar-refractivity contribution is 7.89. The molecule has 0 saturated heterocycles. The molecule has 0 saturated carbocycles. The molecular weight excluding hydrogens is 401 g/mol. The van der Waals surface area contributed by atoms with Gasteiger partial charge in [-0.1, -0.05) is 30.3 Å². The molecule has 2 aromatic carbocycles. The van der Waals surface area contributed by atoms with Crippen LogP contribution in [0.4, 0.5) is 4.39 Å². The van der Waals surface area contributed by atoms with E-state index < -0.39 is 21.9 Å². The lowest BCUT2D eigenvalue weighted by Gasteiger charge is -2.09. The number of thiophene rings is 1. The van der Waals surface area contributed by atoms with Gasteiger partial charge in [0, 0.05) is 16.3 Å². The molecule has 0 aliphatic heterocycles. The van der Waals surface area contributed by atoms with Crippen molar-refractivity contribution in [2.45, 2.75) is 24.5 Å². The van der Waals surface area contributed by atoms with Crippen LogP contribution in [0.3, 0.4) is 0 Å². The molecule has 1 heterocycles. The van der Waals surface area contributed by atoms with Crippen LogP contribution in [0.5, 0.6) is 5.75 Å². The van der Waals surface area contributed by atoms with E-state index in [-0.39, 0.29) is 23.8 Å². The van der Waals surface area contributed by atoms with Gasteiger partial charge in [-0.25, -0.2) is 17.5 Å². The van der Waals surface area contributed by atoms with Crippen molar-refractivity contribution in [3.8, 4) is 5.75 Å². The van der Waals surface area contributed by atoms with Gasteiger partial charge in [-0.05, 0) is 42.8 Å². The first-order chi connectivity index (χ1) is 13.4. The van der Waals surface area contributed by atoms with E-state index in [1.165, 1.54) is 23.5 Å². The van der Waals surface area contributed by atoms with Crippen LogP contribution in [0.15, 0.2) is 65.6 Å². The molecule has 1 aromatic heterocycles. The molecule has 2 N–H and O–H groups in total. The number of hydrogen-bond acceptors (Lipinski definition) is 5. The van der Waals surface area contributed by atoms with Gasteiger partial charge in [0.1, 0.15) is 6.10 Å². The molecule has 0 radical (unpaired) electrons. The van der Waals surface area contributed by atoms with Crippen LogP contribution in [0, 0.1) is 5.82 Å². The van der Waals surface area contributed by atoms with Gasteiger partial charge in [-0.15, -0.1) is 11.3 Å². The Morgan fingerprint density at radius 3 is 2.57 bits per heavy atom. The quantitative estimate of drug-likeness (QED) is 0.579. The Hall–Kier alpha value is -2.26. The molecule has 1 unspecified atom stereocenters. The zero-order chi connectivity index (χ0) is 20.1. The summed E-state index contributed by atoms with van der Waals surface area (Å²) in [7, 11) is -3.88. The van der Waals surface area contributed by atoms with Gasteiger partial charge >= 0.3 is 0 Å². The Bertz CT molecular complexity index is 1040. The lowest BCUT2D eigenvalue weighted by molar-refractivity contribution is 0.224. The molecule has 8 heteroatoms. The van der Waals surface area contributed by atoms with E-state index >= 15 is 0 Å². The second kappa shape index (κ2) is 8.83.